The van der Waals surface area contributed by atoms with Crippen LogP contribution in [-0.4, -0.2) is 34.5 Å². The molecule has 2 nitrogen and oxygen atoms in total. The summed E-state index contributed by atoms with van der Waals surface area (Å²) >= 11 is 3.88. The predicted molar refractivity (Wildman–Crippen MR) is 74.2 cm³/mol. The number of nitrogens with zero attached hydrogens (tertiary/aromatic N) is 1. The molecule has 2 atom stereocenters. The van der Waals surface area contributed by atoms with E-state index in [0.29, 0.717) is 12.1 Å². The maximum absolute atomic E-state index is 4.61. The van der Waals surface area contributed by atoms with Gasteiger partial charge >= 0.3 is 0 Å². The van der Waals surface area contributed by atoms with Crippen molar-refractivity contribution >= 4 is 28.7 Å². The minimum absolute atomic E-state index is 0.506. The zero-order valence-corrected chi connectivity index (χ0v) is 11.6. The van der Waals surface area contributed by atoms with Gasteiger partial charge in [0.1, 0.15) is 0 Å². The summed E-state index contributed by atoms with van der Waals surface area (Å²) in [6, 6.07) is 1.06. The first-order chi connectivity index (χ1) is 7.22. The summed E-state index contributed by atoms with van der Waals surface area (Å²) < 4.78 is 0. The molecule has 2 unspecified atom stereocenters. The van der Waals surface area contributed by atoms with E-state index in [2.05, 4.69) is 31.1 Å². The average Bonchev–Trinajstić information content (AvgIpc) is 2.18. The standard InChI is InChI=1S/C11H22N2S2/c1-4-14-7-5-9(2)12-11-13-10(3)6-8-15-11/h9-10H,4-8H2,1-3H3,(H,12,13). The van der Waals surface area contributed by atoms with Gasteiger partial charge in [-0.3, -0.25) is 4.99 Å². The lowest BCUT2D eigenvalue weighted by Gasteiger charge is -2.21. The van der Waals surface area contributed by atoms with Gasteiger partial charge in [0.05, 0.1) is 6.04 Å². The van der Waals surface area contributed by atoms with Crippen molar-refractivity contribution in [3.63, 3.8) is 0 Å². The van der Waals surface area contributed by atoms with Crippen molar-refractivity contribution in [2.45, 2.75) is 45.7 Å². The molecule has 0 saturated carbocycles. The Bertz CT molecular complexity index is 207. The number of aliphatic imine (C=N–C) groups is 1. The molecule has 0 saturated heterocycles. The first-order valence-corrected chi connectivity index (χ1v) is 7.91. The van der Waals surface area contributed by atoms with Crippen molar-refractivity contribution in [2.75, 3.05) is 17.3 Å². The van der Waals surface area contributed by atoms with Gasteiger partial charge in [-0.15, -0.1) is 0 Å². The summed E-state index contributed by atoms with van der Waals surface area (Å²) in [5.74, 6) is 3.68. The van der Waals surface area contributed by atoms with Gasteiger partial charge in [-0.1, -0.05) is 18.7 Å². The normalized spacial score (nSPS) is 23.4. The fraction of sp³-hybridized carbons (Fsp3) is 0.909. The Labute approximate surface area is 102 Å². The van der Waals surface area contributed by atoms with Gasteiger partial charge < -0.3 is 5.32 Å². The second kappa shape index (κ2) is 7.44. The molecule has 1 aliphatic rings. The molecule has 15 heavy (non-hydrogen) atoms. The van der Waals surface area contributed by atoms with Gasteiger partial charge in [-0.2, -0.15) is 11.8 Å². The number of thioether (sulfide) groups is 2. The monoisotopic (exact) mass is 246 g/mol. The highest BCUT2D eigenvalue weighted by Crippen LogP contribution is 2.16. The fourth-order valence-corrected chi connectivity index (χ4v) is 3.39. The minimum atomic E-state index is 0.506. The molecule has 0 aromatic rings. The Kier molecular flexibility index (Phi) is 6.57. The largest absolute Gasteiger partial charge is 0.362 e. The third-order valence-electron chi connectivity index (χ3n) is 2.38. The number of hydrogen-bond donors (Lipinski definition) is 1. The Hall–Kier alpha value is 0.170. The number of amidine groups is 1. The number of nitrogens with one attached hydrogen (secondary N) is 1. The summed E-state index contributed by atoms with van der Waals surface area (Å²) in [6.07, 6.45) is 2.45. The lowest BCUT2D eigenvalue weighted by atomic mass is 10.2. The van der Waals surface area contributed by atoms with E-state index in [9.17, 15) is 0 Å². The molecule has 0 aromatic heterocycles. The molecule has 1 N–H and O–H groups in total. The molecule has 4 heteroatoms. The third kappa shape index (κ3) is 5.71. The van der Waals surface area contributed by atoms with Crippen LogP contribution in [0.15, 0.2) is 4.99 Å². The Morgan fingerprint density at radius 1 is 1.67 bits per heavy atom. The van der Waals surface area contributed by atoms with Gasteiger partial charge in [0, 0.05) is 11.8 Å². The second-order valence-electron chi connectivity index (χ2n) is 3.95. The summed E-state index contributed by atoms with van der Waals surface area (Å²) in [5, 5.41) is 4.66. The van der Waals surface area contributed by atoms with Crippen LogP contribution in [0.5, 0.6) is 0 Å². The quantitative estimate of drug-likeness (QED) is 0.755. The number of hydrogen-bond acceptors (Lipinski definition) is 4. The average molecular weight is 246 g/mol. The van der Waals surface area contributed by atoms with Crippen molar-refractivity contribution in [1.29, 1.82) is 0 Å². The summed E-state index contributed by atoms with van der Waals surface area (Å²) in [6.45, 7) is 6.66. The van der Waals surface area contributed by atoms with Crippen LogP contribution in [-0.2, 0) is 0 Å². The highest BCUT2D eigenvalue weighted by molar-refractivity contribution is 8.13. The van der Waals surface area contributed by atoms with Crippen molar-refractivity contribution in [1.82, 2.24) is 5.32 Å². The third-order valence-corrected chi connectivity index (χ3v) is 4.25. The van der Waals surface area contributed by atoms with Crippen LogP contribution in [0.3, 0.4) is 0 Å². The molecule has 0 fully saturated rings. The first-order valence-electron chi connectivity index (χ1n) is 5.77. The first kappa shape index (κ1) is 13.2. The van der Waals surface area contributed by atoms with Gasteiger partial charge in [0.15, 0.2) is 5.17 Å². The SMILES string of the molecule is CCSCCC(C)NC1=NC(C)CCS1. The van der Waals surface area contributed by atoms with E-state index in [1.165, 1.54) is 30.1 Å². The van der Waals surface area contributed by atoms with E-state index in [4.69, 9.17) is 0 Å². The molecular formula is C11H22N2S2. The van der Waals surface area contributed by atoms with Gasteiger partial charge in [-0.05, 0) is 38.2 Å². The van der Waals surface area contributed by atoms with Crippen molar-refractivity contribution < 1.29 is 0 Å². The van der Waals surface area contributed by atoms with Crippen LogP contribution < -0.4 is 5.32 Å². The van der Waals surface area contributed by atoms with Gasteiger partial charge in [0.25, 0.3) is 0 Å². The second-order valence-corrected chi connectivity index (χ2v) is 6.43. The predicted octanol–water partition coefficient (Wildman–Crippen LogP) is 2.99. The van der Waals surface area contributed by atoms with E-state index in [1.807, 2.05) is 23.5 Å². The lowest BCUT2D eigenvalue weighted by molar-refractivity contribution is 0.638. The summed E-state index contributed by atoms with van der Waals surface area (Å²) in [7, 11) is 0. The highest BCUT2D eigenvalue weighted by atomic mass is 32.2. The van der Waals surface area contributed by atoms with E-state index >= 15 is 0 Å². The van der Waals surface area contributed by atoms with Gasteiger partial charge in [0.2, 0.25) is 0 Å². The smallest absolute Gasteiger partial charge is 0.157 e. The van der Waals surface area contributed by atoms with E-state index in [-0.39, 0.29) is 0 Å². The molecule has 0 aliphatic carbocycles. The van der Waals surface area contributed by atoms with Crippen LogP contribution in [0, 0.1) is 0 Å². The molecule has 0 amide bonds. The van der Waals surface area contributed by atoms with E-state index in [1.54, 1.807) is 0 Å². The molecule has 88 valence electrons. The Balaban J connectivity index is 2.21. The summed E-state index contributed by atoms with van der Waals surface area (Å²) in [4.78, 5) is 4.61. The minimum Gasteiger partial charge on any atom is -0.362 e. The van der Waals surface area contributed by atoms with Crippen LogP contribution in [0.2, 0.25) is 0 Å². The molecule has 0 aromatic carbocycles. The molecule has 0 spiro atoms. The van der Waals surface area contributed by atoms with Crippen LogP contribution in [0.25, 0.3) is 0 Å². The molecule has 1 heterocycles. The lowest BCUT2D eigenvalue weighted by Crippen LogP contribution is -2.33. The zero-order valence-electron chi connectivity index (χ0n) is 9.95. The van der Waals surface area contributed by atoms with Crippen molar-refractivity contribution in [2.24, 2.45) is 4.99 Å². The molecule has 1 aliphatic heterocycles. The van der Waals surface area contributed by atoms with E-state index in [0.717, 1.165) is 5.17 Å². The van der Waals surface area contributed by atoms with Crippen LogP contribution in [0.1, 0.15) is 33.6 Å². The molecule has 0 bridgehead atoms. The van der Waals surface area contributed by atoms with Crippen molar-refractivity contribution in [3.05, 3.63) is 0 Å². The Morgan fingerprint density at radius 3 is 3.13 bits per heavy atom. The molecule has 0 radical (unpaired) electrons. The zero-order chi connectivity index (χ0) is 11.1. The van der Waals surface area contributed by atoms with Crippen LogP contribution in [0.4, 0.5) is 0 Å². The van der Waals surface area contributed by atoms with Crippen molar-refractivity contribution in [3.8, 4) is 0 Å². The maximum atomic E-state index is 4.61. The van der Waals surface area contributed by atoms with Gasteiger partial charge in [-0.25, -0.2) is 0 Å². The van der Waals surface area contributed by atoms with Crippen LogP contribution >= 0.6 is 23.5 Å². The molecule has 1 rings (SSSR count). The topological polar surface area (TPSA) is 24.4 Å². The maximum Gasteiger partial charge on any atom is 0.157 e. The summed E-state index contributed by atoms with van der Waals surface area (Å²) in [5.41, 5.74) is 0. The number of rotatable bonds is 5. The molecular weight excluding hydrogens is 224 g/mol. The fourth-order valence-electron chi connectivity index (χ4n) is 1.39. The Morgan fingerprint density at radius 2 is 2.47 bits per heavy atom. The van der Waals surface area contributed by atoms with E-state index < -0.39 is 0 Å². The highest BCUT2D eigenvalue weighted by Gasteiger charge is 2.13.